The van der Waals surface area contributed by atoms with Crippen LogP contribution in [0.2, 0.25) is 0 Å². The second kappa shape index (κ2) is 6.98. The van der Waals surface area contributed by atoms with Crippen LogP contribution in [0.1, 0.15) is 12.8 Å². The molecule has 2 aromatic rings. The number of carbonyl (C=O) groups is 2. The van der Waals surface area contributed by atoms with Gasteiger partial charge >= 0.3 is 0 Å². The van der Waals surface area contributed by atoms with E-state index in [4.69, 9.17) is 5.73 Å². The van der Waals surface area contributed by atoms with E-state index in [1.807, 2.05) is 0 Å². The van der Waals surface area contributed by atoms with Crippen molar-refractivity contribution < 1.29 is 14.0 Å². The number of carbonyl (C=O) groups excluding carboxylic acids is 2. The number of benzene rings is 1. The number of rotatable bonds is 4. The summed E-state index contributed by atoms with van der Waals surface area (Å²) in [6.07, 6.45) is 2.06. The van der Waals surface area contributed by atoms with Crippen LogP contribution < -0.4 is 16.6 Å². The fraction of sp³-hybridized carbons (Fsp3) is 0.278. The molecule has 1 aliphatic rings. The lowest BCUT2D eigenvalue weighted by atomic mass is 10.0. The van der Waals surface area contributed by atoms with Crippen molar-refractivity contribution >= 4 is 17.4 Å². The van der Waals surface area contributed by atoms with Crippen molar-refractivity contribution in [3.05, 3.63) is 58.8 Å². The highest BCUT2D eigenvalue weighted by molar-refractivity contribution is 5.98. The van der Waals surface area contributed by atoms with Crippen molar-refractivity contribution in [1.82, 2.24) is 4.57 Å². The molecule has 0 spiro atoms. The third-order valence-corrected chi connectivity index (χ3v) is 4.44. The largest absolute Gasteiger partial charge is 0.330 e. The summed E-state index contributed by atoms with van der Waals surface area (Å²) in [4.78, 5) is 35.7. The number of hydrogen-bond donors (Lipinski definition) is 2. The predicted molar refractivity (Wildman–Crippen MR) is 90.9 cm³/mol. The molecule has 1 amide bonds. The third-order valence-electron chi connectivity index (χ3n) is 4.44. The molecule has 130 valence electrons. The van der Waals surface area contributed by atoms with Crippen LogP contribution in [0.5, 0.6) is 0 Å². The summed E-state index contributed by atoms with van der Waals surface area (Å²) in [5.41, 5.74) is 5.60. The van der Waals surface area contributed by atoms with Crippen molar-refractivity contribution in [2.75, 3.05) is 11.9 Å². The average molecular weight is 343 g/mol. The Bertz CT molecular complexity index is 878. The third kappa shape index (κ3) is 3.51. The summed E-state index contributed by atoms with van der Waals surface area (Å²) in [6, 6.07) is 8.76. The topological polar surface area (TPSA) is 94.2 Å². The molecule has 0 bridgehead atoms. The van der Waals surface area contributed by atoms with Crippen molar-refractivity contribution in [2.24, 2.45) is 17.6 Å². The lowest BCUT2D eigenvalue weighted by Crippen LogP contribution is -2.22. The molecule has 7 heteroatoms. The number of anilines is 1. The first-order valence-electron chi connectivity index (χ1n) is 8.01. The van der Waals surface area contributed by atoms with E-state index in [1.54, 1.807) is 18.2 Å². The van der Waals surface area contributed by atoms with Crippen molar-refractivity contribution in [3.63, 3.8) is 0 Å². The Morgan fingerprint density at radius 1 is 1.28 bits per heavy atom. The Hall–Kier alpha value is -2.80. The number of amides is 1. The van der Waals surface area contributed by atoms with E-state index in [0.29, 0.717) is 12.1 Å². The van der Waals surface area contributed by atoms with E-state index in [9.17, 15) is 18.8 Å². The van der Waals surface area contributed by atoms with Crippen LogP contribution in [0.4, 0.5) is 10.1 Å². The van der Waals surface area contributed by atoms with Gasteiger partial charge in [-0.25, -0.2) is 4.39 Å². The maximum Gasteiger partial charge on any atom is 0.255 e. The van der Waals surface area contributed by atoms with Gasteiger partial charge in [-0.15, -0.1) is 0 Å². The van der Waals surface area contributed by atoms with E-state index in [0.717, 1.165) is 0 Å². The van der Waals surface area contributed by atoms with E-state index < -0.39 is 17.6 Å². The van der Waals surface area contributed by atoms with Gasteiger partial charge in [-0.1, -0.05) is 6.07 Å². The van der Waals surface area contributed by atoms with Gasteiger partial charge in [-0.3, -0.25) is 19.0 Å². The fourth-order valence-electron chi connectivity index (χ4n) is 3.03. The molecule has 1 heterocycles. The summed E-state index contributed by atoms with van der Waals surface area (Å²) in [5.74, 6) is -1.86. The minimum absolute atomic E-state index is 0.0152. The summed E-state index contributed by atoms with van der Waals surface area (Å²) in [7, 11) is 0. The number of halogens is 1. The van der Waals surface area contributed by atoms with Gasteiger partial charge in [-0.05, 0) is 24.6 Å². The molecule has 1 aromatic carbocycles. The first kappa shape index (κ1) is 17.0. The number of Topliss-reactive ketones (excluding diaryl/α,β-unsaturated/α-hetero) is 1. The van der Waals surface area contributed by atoms with Crippen molar-refractivity contribution in [1.29, 1.82) is 0 Å². The molecule has 3 N–H and O–H groups in total. The van der Waals surface area contributed by atoms with Gasteiger partial charge in [0.2, 0.25) is 5.91 Å². The molecular weight excluding hydrogens is 325 g/mol. The fourth-order valence-corrected chi connectivity index (χ4v) is 3.03. The molecule has 3 rings (SSSR count). The van der Waals surface area contributed by atoms with Crippen LogP contribution in [0.25, 0.3) is 5.69 Å². The minimum Gasteiger partial charge on any atom is -0.330 e. The van der Waals surface area contributed by atoms with Gasteiger partial charge in [0.05, 0.1) is 11.4 Å². The lowest BCUT2D eigenvalue weighted by molar-refractivity contribution is -0.123. The molecule has 1 fully saturated rings. The van der Waals surface area contributed by atoms with Gasteiger partial charge in [0, 0.05) is 43.1 Å². The number of ketones is 1. The Kier molecular flexibility index (Phi) is 4.76. The molecular formula is C18H18FN3O3. The first-order valence-corrected chi connectivity index (χ1v) is 8.01. The number of nitrogens with two attached hydrogens (primary N) is 1. The van der Waals surface area contributed by atoms with Crippen molar-refractivity contribution in [3.8, 4) is 5.69 Å². The Morgan fingerprint density at radius 2 is 2.08 bits per heavy atom. The second-order valence-electron chi connectivity index (χ2n) is 6.10. The number of nitrogens with zero attached hydrogens (tertiary/aromatic N) is 1. The maximum absolute atomic E-state index is 14.3. The number of hydrogen-bond acceptors (Lipinski definition) is 4. The monoisotopic (exact) mass is 343 g/mol. The van der Waals surface area contributed by atoms with Crippen LogP contribution in [0.15, 0.2) is 47.4 Å². The molecule has 2 unspecified atom stereocenters. The second-order valence-corrected chi connectivity index (χ2v) is 6.10. The highest BCUT2D eigenvalue weighted by Gasteiger charge is 2.35. The van der Waals surface area contributed by atoms with Gasteiger partial charge < -0.3 is 11.1 Å². The molecule has 2 atom stereocenters. The lowest BCUT2D eigenvalue weighted by Gasteiger charge is -2.12. The zero-order chi connectivity index (χ0) is 18.0. The van der Waals surface area contributed by atoms with Crippen molar-refractivity contribution in [2.45, 2.75) is 12.8 Å². The quantitative estimate of drug-likeness (QED) is 0.879. The number of nitrogens with one attached hydrogen (secondary N) is 1. The highest BCUT2D eigenvalue weighted by Crippen LogP contribution is 2.29. The van der Waals surface area contributed by atoms with E-state index >= 15 is 0 Å². The Balaban J connectivity index is 1.76. The molecule has 1 saturated carbocycles. The van der Waals surface area contributed by atoms with Gasteiger partial charge in [0.1, 0.15) is 11.6 Å². The van der Waals surface area contributed by atoms with Crippen LogP contribution in [0.3, 0.4) is 0 Å². The summed E-state index contributed by atoms with van der Waals surface area (Å²) >= 11 is 0. The van der Waals surface area contributed by atoms with Gasteiger partial charge in [-0.2, -0.15) is 0 Å². The van der Waals surface area contributed by atoms with Gasteiger partial charge in [0.25, 0.3) is 5.56 Å². The zero-order valence-electron chi connectivity index (χ0n) is 13.4. The van der Waals surface area contributed by atoms with Crippen LogP contribution in [-0.2, 0) is 9.59 Å². The van der Waals surface area contributed by atoms with Crippen LogP contribution in [0, 0.1) is 17.7 Å². The summed E-state index contributed by atoms with van der Waals surface area (Å²) in [6.45, 7) is 0.220. The minimum atomic E-state index is -0.652. The molecule has 1 aliphatic carbocycles. The molecule has 1 aromatic heterocycles. The number of pyridine rings is 1. The van der Waals surface area contributed by atoms with E-state index in [2.05, 4.69) is 5.32 Å². The molecule has 0 aliphatic heterocycles. The van der Waals surface area contributed by atoms with E-state index in [-0.39, 0.29) is 35.9 Å². The highest BCUT2D eigenvalue weighted by atomic mass is 19.1. The predicted octanol–water partition coefficient (Wildman–Crippen LogP) is 1.47. The summed E-state index contributed by atoms with van der Waals surface area (Å²) in [5, 5.41) is 2.52. The number of aromatic nitrogens is 1. The SMILES string of the molecule is NCC1CC(C(=O)Nc2ccc(-n3ccccc3=O)cc2F)CC1=O. The van der Waals surface area contributed by atoms with Crippen LogP contribution in [-0.4, -0.2) is 22.8 Å². The smallest absolute Gasteiger partial charge is 0.255 e. The Labute approximate surface area is 143 Å². The standard InChI is InChI=1S/C18H18FN3O3/c19-14-9-13(22-6-2-1-3-17(22)24)4-5-15(14)21-18(25)11-7-12(10-20)16(23)8-11/h1-6,9,11-12H,7-8,10,20H2,(H,21,25). The Morgan fingerprint density at radius 3 is 2.72 bits per heavy atom. The van der Waals surface area contributed by atoms with E-state index in [1.165, 1.54) is 29.0 Å². The molecule has 6 nitrogen and oxygen atoms in total. The zero-order valence-corrected chi connectivity index (χ0v) is 13.4. The maximum atomic E-state index is 14.3. The first-order chi connectivity index (χ1) is 12.0. The molecule has 0 saturated heterocycles. The molecule has 0 radical (unpaired) electrons. The average Bonchev–Trinajstić information content (AvgIpc) is 2.98. The normalized spacial score (nSPS) is 19.8. The van der Waals surface area contributed by atoms with Gasteiger partial charge in [0.15, 0.2) is 0 Å². The molecule has 25 heavy (non-hydrogen) atoms. The van der Waals surface area contributed by atoms with Crippen LogP contribution >= 0.6 is 0 Å². The summed E-state index contributed by atoms with van der Waals surface area (Å²) < 4.78 is 15.6.